The Morgan fingerprint density at radius 2 is 1.84 bits per heavy atom. The molecule has 0 amide bonds. The zero-order chi connectivity index (χ0) is 22.6. The van der Waals surface area contributed by atoms with Gasteiger partial charge < -0.3 is 14.3 Å². The van der Waals surface area contributed by atoms with E-state index in [0.717, 1.165) is 72.6 Å². The maximum Gasteiger partial charge on any atom is 0.253 e. The minimum Gasteiger partial charge on any atom is -0.378 e. The number of hydrogen-bond donors (Lipinski definition) is 1. The van der Waals surface area contributed by atoms with Gasteiger partial charge in [0.25, 0.3) is 5.56 Å². The Hall–Kier alpha value is -2.44. The summed E-state index contributed by atoms with van der Waals surface area (Å²) < 4.78 is 7.06. The van der Waals surface area contributed by atoms with Crippen LogP contribution in [0.25, 0.3) is 22.3 Å². The molecule has 5 rings (SSSR count). The molecule has 0 aromatic carbocycles. The van der Waals surface area contributed by atoms with E-state index in [1.807, 2.05) is 27.1 Å². The van der Waals surface area contributed by atoms with Crippen LogP contribution in [0, 0.1) is 13.8 Å². The molecule has 6 heteroatoms. The molecule has 0 spiro atoms. The largest absolute Gasteiger partial charge is 0.378 e. The Morgan fingerprint density at radius 1 is 1.12 bits per heavy atom. The van der Waals surface area contributed by atoms with Crippen molar-refractivity contribution in [3.63, 3.8) is 0 Å². The molecular weight excluding hydrogens is 400 g/mol. The maximum atomic E-state index is 12.4. The highest BCUT2D eigenvalue weighted by atomic mass is 16.5. The van der Waals surface area contributed by atoms with E-state index in [1.54, 1.807) is 4.57 Å². The number of ether oxygens (including phenoxy) is 1. The van der Waals surface area contributed by atoms with Gasteiger partial charge in [-0.25, -0.2) is 0 Å². The van der Waals surface area contributed by atoms with Gasteiger partial charge in [0.05, 0.1) is 36.0 Å². The van der Waals surface area contributed by atoms with Gasteiger partial charge in [0.2, 0.25) is 0 Å². The van der Waals surface area contributed by atoms with Crippen molar-refractivity contribution in [2.45, 2.75) is 58.4 Å². The van der Waals surface area contributed by atoms with E-state index >= 15 is 0 Å². The Bertz CT molecular complexity index is 1210. The van der Waals surface area contributed by atoms with Crippen LogP contribution in [0.1, 0.15) is 60.9 Å². The molecule has 32 heavy (non-hydrogen) atoms. The number of hydrogen-bond acceptors (Lipinski definition) is 4. The fourth-order valence-corrected chi connectivity index (χ4v) is 5.33. The topological polar surface area (TPSA) is 63.2 Å². The smallest absolute Gasteiger partial charge is 0.253 e. The average molecular weight is 435 g/mol. The van der Waals surface area contributed by atoms with Crippen LogP contribution < -0.4 is 5.56 Å². The molecule has 1 N–H and O–H groups in total. The second kappa shape index (κ2) is 8.16. The van der Waals surface area contributed by atoms with E-state index in [9.17, 15) is 4.79 Å². The summed E-state index contributed by atoms with van der Waals surface area (Å²) in [4.78, 5) is 23.8. The lowest BCUT2D eigenvalue weighted by molar-refractivity contribution is -0.0713. The van der Waals surface area contributed by atoms with E-state index in [-0.39, 0.29) is 5.56 Å². The second-order valence-corrected chi connectivity index (χ2v) is 9.91. The monoisotopic (exact) mass is 434 g/mol. The van der Waals surface area contributed by atoms with Gasteiger partial charge in [0.15, 0.2) is 0 Å². The van der Waals surface area contributed by atoms with E-state index < -0.39 is 0 Å². The minimum atomic E-state index is 0.0636. The summed E-state index contributed by atoms with van der Waals surface area (Å²) in [6.45, 7) is 12.5. The lowest BCUT2D eigenvalue weighted by atomic mass is 9.91. The molecule has 170 valence electrons. The molecule has 3 aromatic heterocycles. The number of H-pyrrole nitrogens is 1. The van der Waals surface area contributed by atoms with Crippen LogP contribution in [0.2, 0.25) is 0 Å². The third-order valence-corrected chi connectivity index (χ3v) is 7.56. The molecule has 0 unspecified atom stereocenters. The summed E-state index contributed by atoms with van der Waals surface area (Å²) in [5.74, 6) is 0.829. The van der Waals surface area contributed by atoms with Crippen LogP contribution >= 0.6 is 0 Å². The van der Waals surface area contributed by atoms with Crippen LogP contribution in [0.4, 0.5) is 0 Å². The molecule has 2 fully saturated rings. The molecule has 6 nitrogen and oxygen atoms in total. The number of nitrogens with zero attached hydrogens (tertiary/aromatic N) is 3. The number of pyridine rings is 2. The van der Waals surface area contributed by atoms with E-state index in [4.69, 9.17) is 9.72 Å². The number of aromatic nitrogens is 3. The molecule has 3 aromatic rings. The zero-order valence-electron chi connectivity index (χ0n) is 19.9. The number of aromatic amines is 1. The van der Waals surface area contributed by atoms with Crippen molar-refractivity contribution < 1.29 is 4.74 Å². The van der Waals surface area contributed by atoms with Gasteiger partial charge in [-0.2, -0.15) is 0 Å². The first-order chi connectivity index (χ1) is 15.3. The van der Waals surface area contributed by atoms with E-state index in [1.165, 1.54) is 11.3 Å². The first kappa shape index (κ1) is 21.4. The summed E-state index contributed by atoms with van der Waals surface area (Å²) in [6, 6.07) is 5.03. The third-order valence-electron chi connectivity index (χ3n) is 7.56. The van der Waals surface area contributed by atoms with Gasteiger partial charge in [0, 0.05) is 41.5 Å². The summed E-state index contributed by atoms with van der Waals surface area (Å²) >= 11 is 0. The van der Waals surface area contributed by atoms with Gasteiger partial charge in [-0.15, -0.1) is 0 Å². The highest BCUT2D eigenvalue weighted by Gasteiger charge is 2.31. The summed E-state index contributed by atoms with van der Waals surface area (Å²) in [5.41, 5.74) is 8.68. The number of fused-ring (bicyclic) bond motifs is 1. The molecule has 5 heterocycles. The van der Waals surface area contributed by atoms with Gasteiger partial charge in [-0.05, 0) is 63.4 Å². The first-order valence-corrected chi connectivity index (χ1v) is 11.9. The van der Waals surface area contributed by atoms with Crippen molar-refractivity contribution >= 4 is 11.0 Å². The molecule has 2 aliphatic heterocycles. The number of likely N-dealkylation sites (tertiary alicyclic amines) is 1. The third kappa shape index (κ3) is 3.50. The van der Waals surface area contributed by atoms with Crippen molar-refractivity contribution in [3.8, 4) is 11.3 Å². The summed E-state index contributed by atoms with van der Waals surface area (Å²) in [7, 11) is 1.83. The molecular formula is C26H34N4O2. The number of aryl methyl sites for hydroxylation is 1. The Morgan fingerprint density at radius 3 is 2.47 bits per heavy atom. The summed E-state index contributed by atoms with van der Waals surface area (Å²) in [5, 5.41) is 0. The molecule has 2 saturated heterocycles. The highest BCUT2D eigenvalue weighted by Crippen LogP contribution is 2.37. The minimum absolute atomic E-state index is 0.0636. The number of nitrogens with one attached hydrogen (secondary N) is 1. The normalized spacial score (nSPS) is 18.6. The number of piperidine rings is 1. The van der Waals surface area contributed by atoms with Crippen molar-refractivity contribution in [2.75, 3.05) is 26.3 Å². The lowest BCUT2D eigenvalue weighted by Gasteiger charge is -2.41. The molecule has 2 aliphatic rings. The SMILES string of the molecule is Cc1c(-c2[nH]c3ccc(C4CCN(C5COC5)CC4)nc3c2C(C)C)cn(C)c(=O)c1C. The fraction of sp³-hybridized carbons (Fsp3) is 0.538. The highest BCUT2D eigenvalue weighted by molar-refractivity contribution is 5.89. The van der Waals surface area contributed by atoms with Crippen LogP contribution in [0.3, 0.4) is 0 Å². The van der Waals surface area contributed by atoms with Gasteiger partial charge >= 0.3 is 0 Å². The van der Waals surface area contributed by atoms with Crippen LogP contribution in [-0.2, 0) is 11.8 Å². The van der Waals surface area contributed by atoms with Gasteiger partial charge in [-0.1, -0.05) is 13.8 Å². The molecule has 0 bridgehead atoms. The maximum absolute atomic E-state index is 12.4. The van der Waals surface area contributed by atoms with Gasteiger partial charge in [-0.3, -0.25) is 14.7 Å². The predicted molar refractivity (Wildman–Crippen MR) is 128 cm³/mol. The van der Waals surface area contributed by atoms with Gasteiger partial charge in [0.1, 0.15) is 0 Å². The second-order valence-electron chi connectivity index (χ2n) is 9.91. The number of rotatable bonds is 4. The predicted octanol–water partition coefficient (Wildman–Crippen LogP) is 4.25. The standard InChI is InChI=1S/C26H34N4O2/c1-15(2)23-24(20-12-29(5)26(31)17(4)16(20)3)28-22-7-6-21(27-25(22)23)18-8-10-30(11-9-18)19-13-32-14-19/h6-7,12,15,18-19,28H,8-11,13-14H2,1-5H3. The van der Waals surface area contributed by atoms with E-state index in [0.29, 0.717) is 17.9 Å². The molecule has 0 radical (unpaired) electrons. The van der Waals surface area contributed by atoms with Crippen LogP contribution in [-0.4, -0.2) is 51.8 Å². The van der Waals surface area contributed by atoms with Crippen molar-refractivity contribution in [1.82, 2.24) is 19.4 Å². The van der Waals surface area contributed by atoms with Crippen molar-refractivity contribution in [2.24, 2.45) is 7.05 Å². The molecule has 0 atom stereocenters. The quantitative estimate of drug-likeness (QED) is 0.667. The molecule has 0 saturated carbocycles. The Labute approximate surface area is 189 Å². The fourth-order valence-electron chi connectivity index (χ4n) is 5.33. The Kier molecular flexibility index (Phi) is 5.46. The molecule has 0 aliphatic carbocycles. The summed E-state index contributed by atoms with van der Waals surface area (Å²) in [6.07, 6.45) is 4.27. The Balaban J connectivity index is 1.53. The average Bonchev–Trinajstić information content (AvgIpc) is 3.13. The van der Waals surface area contributed by atoms with Crippen molar-refractivity contribution in [1.29, 1.82) is 0 Å². The zero-order valence-corrected chi connectivity index (χ0v) is 19.9. The van der Waals surface area contributed by atoms with Crippen LogP contribution in [0.5, 0.6) is 0 Å². The van der Waals surface area contributed by atoms with Crippen LogP contribution in [0.15, 0.2) is 23.1 Å². The van der Waals surface area contributed by atoms with Crippen molar-refractivity contribution in [3.05, 3.63) is 51.1 Å². The van der Waals surface area contributed by atoms with E-state index in [2.05, 4.69) is 35.9 Å². The first-order valence-electron chi connectivity index (χ1n) is 11.9. The lowest BCUT2D eigenvalue weighted by Crippen LogP contribution is -2.51.